The van der Waals surface area contributed by atoms with Crippen LogP contribution in [0.25, 0.3) is 0 Å². The van der Waals surface area contributed by atoms with Gasteiger partial charge in [-0.05, 0) is 65.1 Å². The van der Waals surface area contributed by atoms with Crippen LogP contribution in [0, 0.1) is 3.57 Å². The first kappa shape index (κ1) is 18.6. The van der Waals surface area contributed by atoms with E-state index in [2.05, 4.69) is 20.6 Å². The van der Waals surface area contributed by atoms with Crippen molar-refractivity contribution in [1.82, 2.24) is 9.97 Å². The van der Waals surface area contributed by atoms with Gasteiger partial charge in [0.15, 0.2) is 0 Å². The molecule has 3 rings (SSSR count). The van der Waals surface area contributed by atoms with Crippen LogP contribution < -0.4 is 22.1 Å². The highest BCUT2D eigenvalue weighted by Crippen LogP contribution is 2.16. The van der Waals surface area contributed by atoms with Crippen LogP contribution >= 0.6 is 22.6 Å². The molecule has 1 aromatic carbocycles. The zero-order chi connectivity index (χ0) is 19.4. The molecular weight excluding hydrogens is 459 g/mol. The van der Waals surface area contributed by atoms with Gasteiger partial charge < -0.3 is 22.1 Å². The Morgan fingerprint density at radius 1 is 0.778 bits per heavy atom. The fourth-order valence-electron chi connectivity index (χ4n) is 2.27. The Balaban J connectivity index is 1.81. The fourth-order valence-corrected chi connectivity index (χ4v) is 2.94. The third-order valence-electron chi connectivity index (χ3n) is 3.45. The van der Waals surface area contributed by atoms with Crippen LogP contribution in [0.3, 0.4) is 0 Å². The maximum Gasteiger partial charge on any atom is 0.256 e. The number of nitrogens with two attached hydrogens (primary N) is 2. The van der Waals surface area contributed by atoms with Crippen LogP contribution in [0.5, 0.6) is 0 Å². The van der Waals surface area contributed by atoms with Gasteiger partial charge in [0.05, 0.1) is 0 Å². The third-order valence-corrected chi connectivity index (χ3v) is 4.07. The van der Waals surface area contributed by atoms with Crippen molar-refractivity contribution in [2.75, 3.05) is 22.1 Å². The molecule has 6 N–H and O–H groups in total. The largest absolute Gasteiger partial charge is 0.384 e. The van der Waals surface area contributed by atoms with Crippen LogP contribution in [-0.2, 0) is 0 Å². The molecule has 3 aromatic rings. The summed E-state index contributed by atoms with van der Waals surface area (Å²) in [7, 11) is 0. The van der Waals surface area contributed by atoms with Crippen molar-refractivity contribution in [1.29, 1.82) is 0 Å². The minimum absolute atomic E-state index is 0.296. The molecular formula is C18H15IN6O2. The molecule has 0 saturated heterocycles. The maximum atomic E-state index is 12.5. The van der Waals surface area contributed by atoms with Gasteiger partial charge in [0, 0.05) is 14.7 Å². The molecule has 0 aliphatic rings. The Kier molecular flexibility index (Phi) is 5.50. The van der Waals surface area contributed by atoms with E-state index in [0.717, 1.165) is 3.57 Å². The number of aromatic nitrogens is 2. The topological polar surface area (TPSA) is 136 Å². The molecule has 0 atom stereocenters. The van der Waals surface area contributed by atoms with E-state index in [0.29, 0.717) is 34.4 Å². The summed E-state index contributed by atoms with van der Waals surface area (Å²) in [5, 5.41) is 5.31. The Hall–Kier alpha value is -3.21. The summed E-state index contributed by atoms with van der Waals surface area (Å²) in [6, 6.07) is 14.7. The molecule has 27 heavy (non-hydrogen) atoms. The summed E-state index contributed by atoms with van der Waals surface area (Å²) >= 11 is 2.04. The molecule has 136 valence electrons. The SMILES string of the molecule is Nc1cccc(NC(=O)c2cc(I)cc(C(=O)Nc3cccc(N)n3)c2)n1. The van der Waals surface area contributed by atoms with Gasteiger partial charge in [-0.2, -0.15) is 0 Å². The summed E-state index contributed by atoms with van der Waals surface area (Å²) in [6.07, 6.45) is 0. The van der Waals surface area contributed by atoms with Crippen molar-refractivity contribution in [3.05, 3.63) is 69.3 Å². The highest BCUT2D eigenvalue weighted by molar-refractivity contribution is 14.1. The normalized spacial score (nSPS) is 10.3. The number of pyridine rings is 2. The molecule has 0 spiro atoms. The lowest BCUT2D eigenvalue weighted by atomic mass is 10.1. The minimum atomic E-state index is -0.400. The number of hydrogen-bond acceptors (Lipinski definition) is 6. The second-order valence-electron chi connectivity index (χ2n) is 5.53. The molecule has 2 heterocycles. The molecule has 0 unspecified atom stereocenters. The number of hydrogen-bond donors (Lipinski definition) is 4. The lowest BCUT2D eigenvalue weighted by molar-refractivity contribution is 0.102. The molecule has 0 fully saturated rings. The van der Waals surface area contributed by atoms with Crippen molar-refractivity contribution in [3.8, 4) is 0 Å². The zero-order valence-electron chi connectivity index (χ0n) is 13.9. The van der Waals surface area contributed by atoms with Crippen LogP contribution in [0.4, 0.5) is 23.3 Å². The Labute approximate surface area is 168 Å². The molecule has 0 bridgehead atoms. The van der Waals surface area contributed by atoms with E-state index in [1.807, 2.05) is 22.6 Å². The average Bonchev–Trinajstić information content (AvgIpc) is 2.61. The molecule has 2 amide bonds. The van der Waals surface area contributed by atoms with Crippen molar-refractivity contribution in [2.45, 2.75) is 0 Å². The zero-order valence-corrected chi connectivity index (χ0v) is 16.1. The average molecular weight is 474 g/mol. The first-order valence-electron chi connectivity index (χ1n) is 7.79. The predicted octanol–water partition coefficient (Wildman–Crippen LogP) is 2.75. The van der Waals surface area contributed by atoms with E-state index < -0.39 is 11.8 Å². The third kappa shape index (κ3) is 4.91. The molecule has 0 aliphatic heterocycles. The van der Waals surface area contributed by atoms with E-state index in [1.54, 1.807) is 48.5 Å². The van der Waals surface area contributed by atoms with Gasteiger partial charge in [0.25, 0.3) is 11.8 Å². The molecule has 0 aliphatic carbocycles. The summed E-state index contributed by atoms with van der Waals surface area (Å²) in [5.74, 6) is 0.448. The first-order valence-corrected chi connectivity index (χ1v) is 8.87. The fraction of sp³-hybridized carbons (Fsp3) is 0. The number of nitrogens with one attached hydrogen (secondary N) is 2. The standard InChI is InChI=1S/C18H15IN6O2/c19-12-8-10(17(26)24-15-5-1-3-13(20)22-15)7-11(9-12)18(27)25-16-6-2-4-14(21)23-16/h1-9H,(H3,20,22,24,26)(H3,21,23,25,27). The van der Waals surface area contributed by atoms with Gasteiger partial charge in [0.2, 0.25) is 0 Å². The van der Waals surface area contributed by atoms with Gasteiger partial charge in [0.1, 0.15) is 23.3 Å². The molecule has 2 aromatic heterocycles. The smallest absolute Gasteiger partial charge is 0.256 e. The van der Waals surface area contributed by atoms with Crippen molar-refractivity contribution in [2.24, 2.45) is 0 Å². The molecule has 9 heteroatoms. The lowest BCUT2D eigenvalue weighted by Crippen LogP contribution is -2.17. The number of nitrogens with zero attached hydrogens (tertiary/aromatic N) is 2. The van der Waals surface area contributed by atoms with Crippen LogP contribution in [0.1, 0.15) is 20.7 Å². The number of amides is 2. The van der Waals surface area contributed by atoms with Crippen LogP contribution in [-0.4, -0.2) is 21.8 Å². The minimum Gasteiger partial charge on any atom is -0.384 e. The van der Waals surface area contributed by atoms with Crippen LogP contribution in [0.2, 0.25) is 0 Å². The molecule has 8 nitrogen and oxygen atoms in total. The number of halogens is 1. The van der Waals surface area contributed by atoms with Gasteiger partial charge in [-0.15, -0.1) is 0 Å². The Morgan fingerprint density at radius 3 is 1.63 bits per heavy atom. The van der Waals surface area contributed by atoms with Crippen molar-refractivity contribution < 1.29 is 9.59 Å². The lowest BCUT2D eigenvalue weighted by Gasteiger charge is -2.09. The van der Waals surface area contributed by atoms with Gasteiger partial charge in [-0.1, -0.05) is 12.1 Å². The van der Waals surface area contributed by atoms with E-state index in [1.165, 1.54) is 6.07 Å². The number of carbonyl (C=O) groups excluding carboxylic acids is 2. The highest BCUT2D eigenvalue weighted by Gasteiger charge is 2.14. The second kappa shape index (κ2) is 7.99. The summed E-state index contributed by atoms with van der Waals surface area (Å²) < 4.78 is 0.728. The van der Waals surface area contributed by atoms with E-state index in [4.69, 9.17) is 11.5 Å². The summed E-state index contributed by atoms with van der Waals surface area (Å²) in [4.78, 5) is 33.1. The van der Waals surface area contributed by atoms with Gasteiger partial charge in [-0.25, -0.2) is 9.97 Å². The van der Waals surface area contributed by atoms with Crippen LogP contribution in [0.15, 0.2) is 54.6 Å². The Morgan fingerprint density at radius 2 is 1.22 bits per heavy atom. The predicted molar refractivity (Wildman–Crippen MR) is 112 cm³/mol. The second-order valence-corrected chi connectivity index (χ2v) is 6.78. The number of rotatable bonds is 4. The first-order chi connectivity index (χ1) is 12.9. The summed E-state index contributed by atoms with van der Waals surface area (Å²) in [5.41, 5.74) is 11.9. The monoisotopic (exact) mass is 474 g/mol. The Bertz CT molecular complexity index is 946. The van der Waals surface area contributed by atoms with Gasteiger partial charge >= 0.3 is 0 Å². The number of benzene rings is 1. The number of nitrogen functional groups attached to an aromatic ring is 2. The highest BCUT2D eigenvalue weighted by atomic mass is 127. The van der Waals surface area contributed by atoms with Crippen molar-refractivity contribution >= 4 is 57.7 Å². The molecule has 0 radical (unpaired) electrons. The van der Waals surface area contributed by atoms with Crippen molar-refractivity contribution in [3.63, 3.8) is 0 Å². The number of carbonyl (C=O) groups is 2. The van der Waals surface area contributed by atoms with Gasteiger partial charge in [-0.3, -0.25) is 9.59 Å². The molecule has 0 saturated carbocycles. The van der Waals surface area contributed by atoms with E-state index in [-0.39, 0.29) is 0 Å². The van der Waals surface area contributed by atoms with E-state index in [9.17, 15) is 9.59 Å². The number of anilines is 4. The summed E-state index contributed by atoms with van der Waals surface area (Å²) in [6.45, 7) is 0. The quantitative estimate of drug-likeness (QED) is 0.430. The maximum absolute atomic E-state index is 12.5. The van der Waals surface area contributed by atoms with E-state index >= 15 is 0 Å².